The van der Waals surface area contributed by atoms with Gasteiger partial charge in [-0.05, 0) is 30.7 Å². The molecule has 120 valence electrons. The number of anilines is 1. The van der Waals surface area contributed by atoms with Crippen LogP contribution in [0.3, 0.4) is 0 Å². The number of ether oxygens (including phenoxy) is 1. The van der Waals surface area contributed by atoms with Gasteiger partial charge in [-0.25, -0.2) is 9.78 Å². The molecular formula is C15H11Cl3N2O3. The van der Waals surface area contributed by atoms with Crippen molar-refractivity contribution in [3.8, 4) is 0 Å². The molecule has 0 saturated heterocycles. The number of aromatic nitrogens is 1. The van der Waals surface area contributed by atoms with Gasteiger partial charge < -0.3 is 10.1 Å². The molecule has 5 nitrogen and oxygen atoms in total. The SMILES string of the molecule is Cc1c(Cl)cccc1NC(=O)COC(=O)c1cnc(Cl)c(Cl)c1. The molecule has 1 heterocycles. The van der Waals surface area contributed by atoms with E-state index >= 15 is 0 Å². The third kappa shape index (κ3) is 4.58. The molecule has 0 aliphatic rings. The number of carbonyl (C=O) groups excluding carboxylic acids is 2. The smallest absolute Gasteiger partial charge is 0.340 e. The molecule has 0 aliphatic heterocycles. The molecule has 2 aromatic rings. The molecule has 1 N–H and O–H groups in total. The number of carbonyl (C=O) groups is 2. The van der Waals surface area contributed by atoms with Crippen molar-refractivity contribution in [3.05, 3.63) is 56.8 Å². The number of halogens is 3. The first-order valence-corrected chi connectivity index (χ1v) is 7.55. The molecule has 0 fully saturated rings. The second-order valence-electron chi connectivity index (χ2n) is 4.53. The van der Waals surface area contributed by atoms with E-state index in [0.29, 0.717) is 10.7 Å². The molecule has 0 radical (unpaired) electrons. The van der Waals surface area contributed by atoms with Gasteiger partial charge in [-0.2, -0.15) is 0 Å². The first kappa shape index (κ1) is 17.5. The number of esters is 1. The maximum absolute atomic E-state index is 11.8. The summed E-state index contributed by atoms with van der Waals surface area (Å²) in [6.07, 6.45) is 1.22. The van der Waals surface area contributed by atoms with E-state index in [4.69, 9.17) is 39.5 Å². The number of hydrogen-bond acceptors (Lipinski definition) is 4. The van der Waals surface area contributed by atoms with E-state index in [0.717, 1.165) is 5.56 Å². The zero-order valence-corrected chi connectivity index (χ0v) is 14.2. The Balaban J connectivity index is 1.94. The molecule has 0 bridgehead atoms. The van der Waals surface area contributed by atoms with Gasteiger partial charge in [0.05, 0.1) is 10.6 Å². The predicted molar refractivity (Wildman–Crippen MR) is 89.4 cm³/mol. The number of nitrogens with zero attached hydrogens (tertiary/aromatic N) is 1. The fourth-order valence-electron chi connectivity index (χ4n) is 1.68. The largest absolute Gasteiger partial charge is 0.452 e. The summed E-state index contributed by atoms with van der Waals surface area (Å²) in [5, 5.41) is 3.35. The Bertz CT molecular complexity index is 766. The van der Waals surface area contributed by atoms with Crippen molar-refractivity contribution in [3.63, 3.8) is 0 Å². The standard InChI is InChI=1S/C15H11Cl3N2O3/c1-8-10(16)3-2-4-12(8)20-13(21)7-23-15(22)9-5-11(17)14(18)19-6-9/h2-6H,7H2,1H3,(H,20,21). The number of hydrogen-bond donors (Lipinski definition) is 1. The van der Waals surface area contributed by atoms with Gasteiger partial charge >= 0.3 is 5.97 Å². The maximum Gasteiger partial charge on any atom is 0.340 e. The second-order valence-corrected chi connectivity index (χ2v) is 5.71. The average molecular weight is 374 g/mol. The summed E-state index contributed by atoms with van der Waals surface area (Å²) in [5.74, 6) is -1.22. The lowest BCUT2D eigenvalue weighted by Gasteiger charge is -2.10. The van der Waals surface area contributed by atoms with Crippen LogP contribution >= 0.6 is 34.8 Å². The molecule has 0 saturated carbocycles. The van der Waals surface area contributed by atoms with Crippen molar-refractivity contribution in [1.82, 2.24) is 4.98 Å². The quantitative estimate of drug-likeness (QED) is 0.646. The summed E-state index contributed by atoms with van der Waals surface area (Å²) in [4.78, 5) is 27.4. The minimum Gasteiger partial charge on any atom is -0.452 e. The van der Waals surface area contributed by atoms with E-state index in [-0.39, 0.29) is 15.7 Å². The molecule has 8 heteroatoms. The van der Waals surface area contributed by atoms with Crippen LogP contribution in [0, 0.1) is 6.92 Å². The normalized spacial score (nSPS) is 10.3. The molecule has 2 rings (SSSR count). The fourth-order valence-corrected chi connectivity index (χ4v) is 2.12. The van der Waals surface area contributed by atoms with E-state index in [2.05, 4.69) is 10.3 Å². The Hall–Kier alpha value is -1.82. The van der Waals surface area contributed by atoms with Crippen molar-refractivity contribution in [2.45, 2.75) is 6.92 Å². The molecule has 0 spiro atoms. The van der Waals surface area contributed by atoms with Gasteiger partial charge in [0.2, 0.25) is 0 Å². The summed E-state index contributed by atoms with van der Waals surface area (Å²) in [5.41, 5.74) is 1.38. The summed E-state index contributed by atoms with van der Waals surface area (Å²) in [6, 6.07) is 6.43. The van der Waals surface area contributed by atoms with Crippen LogP contribution in [0.15, 0.2) is 30.5 Å². The van der Waals surface area contributed by atoms with Crippen LogP contribution in [0.5, 0.6) is 0 Å². The third-order valence-electron chi connectivity index (χ3n) is 2.91. The number of nitrogens with one attached hydrogen (secondary N) is 1. The first-order valence-electron chi connectivity index (χ1n) is 6.41. The molecule has 1 aromatic carbocycles. The van der Waals surface area contributed by atoms with Crippen molar-refractivity contribution in [2.24, 2.45) is 0 Å². The molecule has 0 unspecified atom stereocenters. The zero-order chi connectivity index (χ0) is 17.0. The first-order chi connectivity index (χ1) is 10.9. The molecule has 23 heavy (non-hydrogen) atoms. The van der Waals surface area contributed by atoms with Crippen molar-refractivity contribution in [1.29, 1.82) is 0 Å². The highest BCUT2D eigenvalue weighted by Gasteiger charge is 2.13. The average Bonchev–Trinajstić information content (AvgIpc) is 2.52. The van der Waals surface area contributed by atoms with Crippen molar-refractivity contribution >= 4 is 52.4 Å². The van der Waals surface area contributed by atoms with Crippen molar-refractivity contribution < 1.29 is 14.3 Å². The van der Waals surface area contributed by atoms with Gasteiger partial charge in [0.25, 0.3) is 5.91 Å². The summed E-state index contributed by atoms with van der Waals surface area (Å²) in [6.45, 7) is 1.32. The minimum absolute atomic E-state index is 0.0809. The van der Waals surface area contributed by atoms with Crippen LogP contribution in [0.1, 0.15) is 15.9 Å². The molecule has 0 atom stereocenters. The molecule has 0 aliphatic carbocycles. The van der Waals surface area contributed by atoms with Crippen molar-refractivity contribution in [2.75, 3.05) is 11.9 Å². The highest BCUT2D eigenvalue weighted by molar-refractivity contribution is 6.41. The topological polar surface area (TPSA) is 68.3 Å². The minimum atomic E-state index is -0.728. The Morgan fingerprint density at radius 1 is 1.22 bits per heavy atom. The number of rotatable bonds is 4. The van der Waals surface area contributed by atoms with Gasteiger partial charge in [-0.1, -0.05) is 40.9 Å². The van der Waals surface area contributed by atoms with E-state index in [9.17, 15) is 9.59 Å². The summed E-state index contributed by atoms with van der Waals surface area (Å²) >= 11 is 17.4. The zero-order valence-electron chi connectivity index (χ0n) is 11.9. The van der Waals surface area contributed by atoms with Crippen LogP contribution in [-0.2, 0) is 9.53 Å². The number of amides is 1. The van der Waals surface area contributed by atoms with Crippen LogP contribution in [0.4, 0.5) is 5.69 Å². The van der Waals surface area contributed by atoms with Crippen LogP contribution in [0.25, 0.3) is 0 Å². The Morgan fingerprint density at radius 2 is 1.96 bits per heavy atom. The van der Waals surface area contributed by atoms with Gasteiger partial charge in [0, 0.05) is 16.9 Å². The lowest BCUT2D eigenvalue weighted by molar-refractivity contribution is -0.119. The van der Waals surface area contributed by atoms with E-state index in [1.54, 1.807) is 25.1 Å². The lowest BCUT2D eigenvalue weighted by Crippen LogP contribution is -2.21. The van der Waals surface area contributed by atoms with Gasteiger partial charge in [0.15, 0.2) is 6.61 Å². The van der Waals surface area contributed by atoms with Gasteiger partial charge in [-0.3, -0.25) is 4.79 Å². The van der Waals surface area contributed by atoms with Gasteiger partial charge in [0.1, 0.15) is 5.15 Å². The number of pyridine rings is 1. The Morgan fingerprint density at radius 3 is 2.65 bits per heavy atom. The highest BCUT2D eigenvalue weighted by atomic mass is 35.5. The number of benzene rings is 1. The molecule has 1 aromatic heterocycles. The fraction of sp³-hybridized carbons (Fsp3) is 0.133. The lowest BCUT2D eigenvalue weighted by atomic mass is 10.2. The molecule has 1 amide bonds. The Labute approximate surface area is 147 Å². The van der Waals surface area contributed by atoms with E-state index in [1.807, 2.05) is 0 Å². The maximum atomic E-state index is 11.8. The van der Waals surface area contributed by atoms with Crippen LogP contribution in [0.2, 0.25) is 15.2 Å². The van der Waals surface area contributed by atoms with Gasteiger partial charge in [-0.15, -0.1) is 0 Å². The predicted octanol–water partition coefficient (Wildman–Crippen LogP) is 4.15. The monoisotopic (exact) mass is 372 g/mol. The third-order valence-corrected chi connectivity index (χ3v) is 4.00. The molecular weight excluding hydrogens is 363 g/mol. The second kappa shape index (κ2) is 7.64. The van der Waals surface area contributed by atoms with E-state index < -0.39 is 18.5 Å². The van der Waals surface area contributed by atoms with Crippen LogP contribution in [-0.4, -0.2) is 23.5 Å². The highest BCUT2D eigenvalue weighted by Crippen LogP contribution is 2.23. The van der Waals surface area contributed by atoms with Crippen LogP contribution < -0.4 is 5.32 Å². The Kier molecular flexibility index (Phi) is 5.82. The summed E-state index contributed by atoms with van der Waals surface area (Å²) < 4.78 is 4.90. The summed E-state index contributed by atoms with van der Waals surface area (Å²) in [7, 11) is 0. The van der Waals surface area contributed by atoms with E-state index in [1.165, 1.54) is 12.3 Å².